The highest BCUT2D eigenvalue weighted by Gasteiger charge is 2.16. The highest BCUT2D eigenvalue weighted by molar-refractivity contribution is 6.35. The molecule has 1 heterocycles. The molecule has 0 unspecified atom stereocenters. The Bertz CT molecular complexity index is 910. The monoisotopic (exact) mass is 392 g/mol. The summed E-state index contributed by atoms with van der Waals surface area (Å²) in [5.41, 5.74) is 2.43. The zero-order valence-corrected chi connectivity index (χ0v) is 15.2. The van der Waals surface area contributed by atoms with Crippen molar-refractivity contribution in [2.24, 2.45) is 0 Å². The van der Waals surface area contributed by atoms with Gasteiger partial charge in [0.2, 0.25) is 0 Å². The van der Waals surface area contributed by atoms with Crippen molar-refractivity contribution in [3.63, 3.8) is 0 Å². The molecule has 3 aromatic rings. The third kappa shape index (κ3) is 3.89. The number of aldehydes is 1. The van der Waals surface area contributed by atoms with Crippen LogP contribution in [0.2, 0.25) is 10.0 Å². The first-order valence-corrected chi connectivity index (χ1v) is 8.67. The minimum absolute atomic E-state index is 0.313. The summed E-state index contributed by atoms with van der Waals surface area (Å²) >= 11 is 12.2. The lowest BCUT2D eigenvalue weighted by molar-refractivity contribution is 0.112. The molecule has 0 aliphatic rings. The topological polar surface area (TPSA) is 44.1 Å². The van der Waals surface area contributed by atoms with Crippen LogP contribution >= 0.6 is 23.2 Å². The molecule has 0 atom stereocenters. The molecule has 0 fully saturated rings. The number of carbonyl (C=O) groups excluding carboxylic acids is 1. The van der Waals surface area contributed by atoms with Crippen LogP contribution in [-0.2, 0) is 0 Å². The molecule has 0 N–H and O–H groups in total. The number of carbonyl (C=O) groups is 1. The van der Waals surface area contributed by atoms with Crippen molar-refractivity contribution >= 4 is 29.5 Å². The molecule has 1 aromatic heterocycles. The zero-order valence-electron chi connectivity index (χ0n) is 13.7. The minimum Gasteiger partial charge on any atom is -0.493 e. The molecule has 26 heavy (non-hydrogen) atoms. The molecule has 0 bridgehead atoms. The lowest BCUT2D eigenvalue weighted by Gasteiger charge is -2.11. The van der Waals surface area contributed by atoms with E-state index in [2.05, 4.69) is 5.10 Å². The maximum absolute atomic E-state index is 12.2. The number of aromatic nitrogens is 2. The number of hydrogen-bond donors (Lipinski definition) is 0. The van der Waals surface area contributed by atoms with Crippen molar-refractivity contribution in [3.05, 3.63) is 64.3 Å². The van der Waals surface area contributed by atoms with E-state index < -0.39 is 6.67 Å². The fourth-order valence-electron chi connectivity index (χ4n) is 2.53. The summed E-state index contributed by atoms with van der Waals surface area (Å²) in [6.45, 7) is -0.102. The molecule has 2 aromatic carbocycles. The van der Waals surface area contributed by atoms with Crippen molar-refractivity contribution in [2.75, 3.05) is 13.3 Å². The smallest absolute Gasteiger partial charge is 0.153 e. The third-order valence-electron chi connectivity index (χ3n) is 3.74. The van der Waals surface area contributed by atoms with Gasteiger partial charge in [0.1, 0.15) is 5.75 Å². The molecule has 0 saturated carbocycles. The number of rotatable bonds is 7. The van der Waals surface area contributed by atoms with Crippen molar-refractivity contribution in [1.29, 1.82) is 0 Å². The Balaban J connectivity index is 1.99. The molecule has 7 heteroatoms. The van der Waals surface area contributed by atoms with Crippen LogP contribution in [0.25, 0.3) is 16.9 Å². The lowest BCUT2D eigenvalue weighted by Crippen LogP contribution is -2.01. The van der Waals surface area contributed by atoms with E-state index in [1.807, 2.05) is 12.1 Å². The SMILES string of the molecule is O=Cc1cnn(-c2ccc(Cl)cc2Cl)c1-c1ccc(OCCCF)cc1. The number of alkyl halides is 1. The molecule has 4 nitrogen and oxygen atoms in total. The summed E-state index contributed by atoms with van der Waals surface area (Å²) in [4.78, 5) is 11.5. The van der Waals surface area contributed by atoms with Gasteiger partial charge in [-0.15, -0.1) is 0 Å². The van der Waals surface area contributed by atoms with E-state index in [0.29, 0.717) is 45.8 Å². The molecular weight excluding hydrogens is 378 g/mol. The largest absolute Gasteiger partial charge is 0.493 e. The van der Waals surface area contributed by atoms with Gasteiger partial charge in [0.05, 0.1) is 41.4 Å². The maximum Gasteiger partial charge on any atom is 0.153 e. The maximum atomic E-state index is 12.2. The first-order valence-electron chi connectivity index (χ1n) is 7.92. The lowest BCUT2D eigenvalue weighted by atomic mass is 10.1. The first kappa shape index (κ1) is 18.4. The predicted octanol–water partition coefficient (Wildman–Crippen LogP) is 5.40. The van der Waals surface area contributed by atoms with Gasteiger partial charge in [0, 0.05) is 17.0 Å². The summed E-state index contributed by atoms with van der Waals surface area (Å²) in [6.07, 6.45) is 2.58. The van der Waals surface area contributed by atoms with Gasteiger partial charge in [0.25, 0.3) is 0 Å². The molecular formula is C19H15Cl2FN2O2. The quantitative estimate of drug-likeness (QED) is 0.399. The number of ether oxygens (including phenoxy) is 1. The van der Waals surface area contributed by atoms with Crippen LogP contribution in [0.3, 0.4) is 0 Å². The standard InChI is InChI=1S/C19H15Cl2FN2O2/c20-15-4-7-18(17(21)10-15)24-19(14(12-25)11-23-24)13-2-5-16(6-3-13)26-9-1-8-22/h2-7,10-12H,1,8-9H2. The molecule has 0 amide bonds. The van der Waals surface area contributed by atoms with E-state index in [9.17, 15) is 9.18 Å². The minimum atomic E-state index is -0.415. The van der Waals surface area contributed by atoms with Crippen LogP contribution in [-0.4, -0.2) is 29.3 Å². The number of halogens is 3. The van der Waals surface area contributed by atoms with Gasteiger partial charge in [-0.05, 0) is 42.5 Å². The number of benzene rings is 2. The molecule has 134 valence electrons. The number of nitrogens with zero attached hydrogens (tertiary/aromatic N) is 2. The fraction of sp³-hybridized carbons (Fsp3) is 0.158. The van der Waals surface area contributed by atoms with Crippen LogP contribution in [0.5, 0.6) is 5.75 Å². The van der Waals surface area contributed by atoms with Crippen molar-refractivity contribution in [1.82, 2.24) is 9.78 Å². The van der Waals surface area contributed by atoms with E-state index in [0.717, 1.165) is 11.8 Å². The Morgan fingerprint density at radius 3 is 2.58 bits per heavy atom. The number of hydrogen-bond acceptors (Lipinski definition) is 3. The van der Waals surface area contributed by atoms with E-state index >= 15 is 0 Å². The van der Waals surface area contributed by atoms with Gasteiger partial charge >= 0.3 is 0 Å². The molecule has 3 rings (SSSR count). The zero-order chi connectivity index (χ0) is 18.5. The van der Waals surface area contributed by atoms with Gasteiger partial charge in [-0.25, -0.2) is 4.68 Å². The average molecular weight is 393 g/mol. The highest BCUT2D eigenvalue weighted by Crippen LogP contribution is 2.31. The summed E-state index contributed by atoms with van der Waals surface area (Å²) < 4.78 is 19.2. The van der Waals surface area contributed by atoms with Crippen LogP contribution in [0, 0.1) is 0 Å². The van der Waals surface area contributed by atoms with E-state index in [-0.39, 0.29) is 0 Å². The second-order valence-corrected chi connectivity index (χ2v) is 6.33. The molecule has 0 saturated heterocycles. The van der Waals surface area contributed by atoms with Gasteiger partial charge in [-0.3, -0.25) is 9.18 Å². The van der Waals surface area contributed by atoms with E-state index in [1.165, 1.54) is 6.20 Å². The molecule has 0 aliphatic carbocycles. The Morgan fingerprint density at radius 2 is 1.92 bits per heavy atom. The summed E-state index contributed by atoms with van der Waals surface area (Å²) in [7, 11) is 0. The van der Waals surface area contributed by atoms with Gasteiger partial charge < -0.3 is 4.74 Å². The Morgan fingerprint density at radius 1 is 1.15 bits per heavy atom. The van der Waals surface area contributed by atoms with Crippen LogP contribution in [0.15, 0.2) is 48.7 Å². The normalized spacial score (nSPS) is 10.7. The predicted molar refractivity (Wildman–Crippen MR) is 100 cm³/mol. The Kier molecular flexibility index (Phi) is 5.91. The van der Waals surface area contributed by atoms with Crippen LogP contribution < -0.4 is 4.74 Å². The van der Waals surface area contributed by atoms with Gasteiger partial charge in [0.15, 0.2) is 6.29 Å². The fourth-order valence-corrected chi connectivity index (χ4v) is 3.01. The van der Waals surface area contributed by atoms with Crippen molar-refractivity contribution in [3.8, 4) is 22.7 Å². The van der Waals surface area contributed by atoms with E-state index in [1.54, 1.807) is 35.0 Å². The second kappa shape index (κ2) is 8.34. The van der Waals surface area contributed by atoms with Crippen molar-refractivity contribution in [2.45, 2.75) is 6.42 Å². The average Bonchev–Trinajstić information content (AvgIpc) is 3.06. The third-order valence-corrected chi connectivity index (χ3v) is 4.27. The van der Waals surface area contributed by atoms with E-state index in [4.69, 9.17) is 27.9 Å². The summed E-state index contributed by atoms with van der Waals surface area (Å²) in [6, 6.07) is 12.2. The first-order chi connectivity index (χ1) is 12.6. The van der Waals surface area contributed by atoms with Crippen molar-refractivity contribution < 1.29 is 13.9 Å². The van der Waals surface area contributed by atoms with Crippen LogP contribution in [0.4, 0.5) is 4.39 Å². The Labute approximate surface area is 160 Å². The summed E-state index contributed by atoms with van der Waals surface area (Å²) in [5, 5.41) is 5.23. The summed E-state index contributed by atoms with van der Waals surface area (Å²) in [5.74, 6) is 0.630. The molecule has 0 radical (unpaired) electrons. The second-order valence-electron chi connectivity index (χ2n) is 5.49. The Hall–Kier alpha value is -2.37. The highest BCUT2D eigenvalue weighted by atomic mass is 35.5. The van der Waals surface area contributed by atoms with Crippen LogP contribution in [0.1, 0.15) is 16.8 Å². The molecule has 0 aliphatic heterocycles. The van der Waals surface area contributed by atoms with Gasteiger partial charge in [-0.2, -0.15) is 5.10 Å². The van der Waals surface area contributed by atoms with Gasteiger partial charge in [-0.1, -0.05) is 23.2 Å². The molecule has 0 spiro atoms.